The van der Waals surface area contributed by atoms with Crippen LogP contribution in [0.25, 0.3) is 0 Å². The quantitative estimate of drug-likeness (QED) is 0.0454. The summed E-state index contributed by atoms with van der Waals surface area (Å²) in [6.07, 6.45) is 0. The van der Waals surface area contributed by atoms with Crippen molar-refractivity contribution in [1.29, 1.82) is 0 Å². The maximum absolute atomic E-state index is 9.94. The third kappa shape index (κ3) is 49.3. The van der Waals surface area contributed by atoms with Gasteiger partial charge in [0.15, 0.2) is 0 Å². The van der Waals surface area contributed by atoms with Gasteiger partial charge in [0.25, 0.3) is 0 Å². The second-order valence-electron chi connectivity index (χ2n) is 7.32. The monoisotopic (exact) mass is 964 g/mol. The van der Waals surface area contributed by atoms with E-state index >= 15 is 0 Å². The first-order valence-electron chi connectivity index (χ1n) is 13.0. The van der Waals surface area contributed by atoms with Gasteiger partial charge in [-0.05, 0) is 57.3 Å². The molecule has 58 heteroatoms. The molecular weight excluding hydrogens is 955 g/mol. The predicted molar refractivity (Wildman–Crippen MR) is 157 cm³/mol. The van der Waals surface area contributed by atoms with Crippen molar-refractivity contribution < 1.29 is 21.2 Å². The topological polar surface area (TPSA) is 709 Å². The molecule has 0 bridgehead atoms. The Morgan fingerprint density at radius 1 is 0.226 bits per heavy atom. The fourth-order valence-corrected chi connectivity index (χ4v) is 1.25. The van der Waals surface area contributed by atoms with Crippen molar-refractivity contribution in [3.8, 4) is 0 Å². The zero-order chi connectivity index (χ0) is 44.8. The summed E-state index contributed by atoms with van der Waals surface area (Å²) in [6.45, 7) is 5.59. The summed E-state index contributed by atoms with van der Waals surface area (Å²) < 4.78 is 12.9. The van der Waals surface area contributed by atoms with E-state index in [4.69, 9.17) is 0 Å². The number of nitrogens with one attached hydrogen (secondary N) is 1. The minimum atomic E-state index is -1.19. The summed E-state index contributed by atoms with van der Waals surface area (Å²) >= 11 is -1.19. The number of hydrogen-bond acceptors (Lipinski definition) is 3. The van der Waals surface area contributed by atoms with Gasteiger partial charge in [0.1, 0.15) is 0 Å². The van der Waals surface area contributed by atoms with E-state index in [0.717, 1.165) is 0 Å². The Morgan fingerprint density at radius 3 is 0.484 bits per heavy atom. The average Bonchev–Trinajstić information content (AvgIpc) is 3.26. The van der Waals surface area contributed by atoms with Crippen LogP contribution in [0.15, 0.2) is 286 Å². The van der Waals surface area contributed by atoms with Gasteiger partial charge in [-0.2, -0.15) is 0 Å². The molecule has 0 saturated heterocycles. The molecule has 0 fully saturated rings. The van der Waals surface area contributed by atoms with Crippen molar-refractivity contribution in [3.63, 3.8) is 0 Å². The minimum absolute atomic E-state index is 0.287. The van der Waals surface area contributed by atoms with Crippen molar-refractivity contribution in [2.24, 2.45) is 286 Å². The summed E-state index contributed by atoms with van der Waals surface area (Å²) in [7, 11) is 0. The molecular formula is C4H10N56OPd. The zero-order valence-electron chi connectivity index (χ0n) is 29.3. The van der Waals surface area contributed by atoms with Crippen molar-refractivity contribution >= 4 is 0 Å². The van der Waals surface area contributed by atoms with Crippen LogP contribution in [0.4, 0.5) is 0 Å². The van der Waals surface area contributed by atoms with Gasteiger partial charge in [-0.1, -0.05) is 5.22 Å². The molecule has 0 aromatic heterocycles. The van der Waals surface area contributed by atoms with E-state index in [1.54, 1.807) is 0 Å². The maximum atomic E-state index is 9.94. The van der Waals surface area contributed by atoms with Crippen LogP contribution >= 0.6 is 0 Å². The molecule has 57 nitrogen and oxygen atoms in total. The van der Waals surface area contributed by atoms with Gasteiger partial charge in [0, 0.05) is 188 Å². The second-order valence-corrected chi connectivity index (χ2v) is 7.92. The molecule has 0 aliphatic carbocycles. The van der Waals surface area contributed by atoms with E-state index < -0.39 is 17.8 Å². The first-order valence-corrected chi connectivity index (χ1v) is 14.4. The zero-order valence-corrected chi connectivity index (χ0v) is 30.9. The summed E-state index contributed by atoms with van der Waals surface area (Å²) in [5.41, 5.74) is 2.38. The number of rotatable bonds is 28. The van der Waals surface area contributed by atoms with Crippen LogP contribution < -0.4 is 5.43 Å². The summed E-state index contributed by atoms with van der Waals surface area (Å²) in [5.74, 6) is 0. The Kier molecular flexibility index (Phi) is 36.9. The van der Waals surface area contributed by atoms with Gasteiger partial charge < -0.3 is 0 Å². The van der Waals surface area contributed by atoms with Crippen LogP contribution in [-0.4, -0.2) is 5.54 Å². The summed E-state index contributed by atoms with van der Waals surface area (Å²) in [6, 6.07) is 0. The molecule has 62 heavy (non-hydrogen) atoms. The van der Waals surface area contributed by atoms with Gasteiger partial charge in [0.2, 0.25) is 0 Å². The molecule has 0 atom stereocenters. The van der Waals surface area contributed by atoms with Crippen LogP contribution in [-0.2, 0) is 21.2 Å². The fraction of sp³-hybridized carbons (Fsp3) is 1.00. The van der Waals surface area contributed by atoms with E-state index in [9.17, 15) is 3.47 Å². The Balaban J connectivity index is 4.08. The molecule has 1 N–H and O–H groups in total. The van der Waals surface area contributed by atoms with E-state index in [-0.39, 0.29) is 5.54 Å². The Morgan fingerprint density at radius 2 is 0.355 bits per heavy atom. The van der Waals surface area contributed by atoms with Crippen molar-refractivity contribution in [3.05, 3.63) is 0 Å². The molecule has 0 aromatic rings. The SMILES string of the molecule is CC(C)(C)N/N=N/N=N/N=N/N=N/N=N/N=N/N=N/N=N/N=N/N=N/N=N/N=N/N=N/N=N/N=N/N=N/N=N/N=N/N=N/N=N/N=N/N=N/N=N/N=N/N=N/N=N/N=N/[N]=[Pd]=[O]. The van der Waals surface area contributed by atoms with Gasteiger partial charge >= 0.3 is 82.4 Å². The molecule has 0 aromatic carbocycles. The molecule has 0 radical (unpaired) electrons. The van der Waals surface area contributed by atoms with Gasteiger partial charge in [0.05, 0.1) is 0 Å². The fourth-order valence-electron chi connectivity index (χ4n) is 1.13. The second kappa shape index (κ2) is 44.7. The van der Waals surface area contributed by atoms with E-state index in [1.165, 1.54) is 0 Å². The normalized spacial score (nSPS) is 15.4. The van der Waals surface area contributed by atoms with Crippen LogP contribution in [0.3, 0.4) is 0 Å². The van der Waals surface area contributed by atoms with Crippen LogP contribution in [0.2, 0.25) is 0 Å². The van der Waals surface area contributed by atoms with Crippen molar-refractivity contribution in [2.45, 2.75) is 26.3 Å². The van der Waals surface area contributed by atoms with Crippen molar-refractivity contribution in [1.82, 2.24) is 5.43 Å². The van der Waals surface area contributed by atoms with Crippen LogP contribution in [0.1, 0.15) is 20.8 Å². The Bertz CT molecular complexity index is 2080. The Labute approximate surface area is 338 Å². The first-order chi connectivity index (χ1) is 30.6. The molecule has 0 rings (SSSR count). The molecule has 0 amide bonds. The number of nitrogens with zero attached hydrogens (tertiary/aromatic N) is 55. The third-order valence-electron chi connectivity index (χ3n) is 2.56. The third-order valence-corrected chi connectivity index (χ3v) is 2.83. The van der Waals surface area contributed by atoms with Crippen LogP contribution in [0, 0.1) is 0 Å². The molecule has 0 aliphatic heterocycles. The van der Waals surface area contributed by atoms with E-state index in [1.807, 2.05) is 20.8 Å². The molecule has 0 unspecified atom stereocenters. The molecule has 0 heterocycles. The molecule has 0 spiro atoms. The standard InChI is InChI=1S/C4H10N56.O.Pd/c1-4(2,3)6-8-10-12-14-16-18-20-22-24-26-28-30-32-34-36-38-40-42-44-46-48-50-52-54-56-58-60-59-57-55-53-51-49-47-45-43-41-39-37-35-33-31-29-27-25-23-21-19-17-15-13-11-9-7-5;;/h1-3H3,(H,6,7,10,11,14,15,18,19,22,23,26,27,30,31,34,35,38,39,42,43,46,47,50,51,54,55,58,59);;. The summed E-state index contributed by atoms with van der Waals surface area (Å²) in [5, 5.41) is 163. The van der Waals surface area contributed by atoms with Crippen molar-refractivity contribution in [2.75, 3.05) is 0 Å². The Hall–Kier alpha value is -10.7. The van der Waals surface area contributed by atoms with Gasteiger partial charge in [-0.25, -0.2) is 0 Å². The predicted octanol–water partition coefficient (Wildman–Crippen LogP) is 10.8. The van der Waals surface area contributed by atoms with Crippen LogP contribution in [0.5, 0.6) is 0 Å². The average molecular weight is 965 g/mol. The molecule has 322 valence electrons. The van der Waals surface area contributed by atoms with E-state index in [0.29, 0.717) is 0 Å². The first kappa shape index (κ1) is 51.3. The molecule has 0 saturated carbocycles. The van der Waals surface area contributed by atoms with Gasteiger partial charge in [-0.15, -0.1) is 0 Å². The summed E-state index contributed by atoms with van der Waals surface area (Å²) in [4.78, 5) is 0. The van der Waals surface area contributed by atoms with Gasteiger partial charge in [-0.3, -0.25) is 5.43 Å². The molecule has 0 aliphatic rings. The van der Waals surface area contributed by atoms with E-state index in [2.05, 4.69) is 291 Å². The number of hydrogen-bond donors (Lipinski definition) is 1.